The normalized spacial score (nSPS) is 14.6. The number of rotatable bonds is 4. The molecule has 0 bridgehead atoms. The quantitative estimate of drug-likeness (QED) is 0.328. The lowest BCUT2D eigenvalue weighted by atomic mass is 10.1. The third-order valence-electron chi connectivity index (χ3n) is 6.53. The van der Waals surface area contributed by atoms with Crippen LogP contribution in [0.15, 0.2) is 55.1 Å². The average Bonchev–Trinajstić information content (AvgIpc) is 3.57. The Labute approximate surface area is 200 Å². The van der Waals surface area contributed by atoms with Crippen LogP contribution < -0.4 is 0 Å². The van der Waals surface area contributed by atoms with Crippen molar-refractivity contribution in [2.45, 2.75) is 38.3 Å². The molecule has 1 saturated carbocycles. The highest BCUT2D eigenvalue weighted by molar-refractivity contribution is 6.39. The second-order valence-corrected chi connectivity index (χ2v) is 9.29. The molecule has 1 fully saturated rings. The van der Waals surface area contributed by atoms with E-state index in [0.717, 1.165) is 22.0 Å². The fraction of sp³-hybridized carbons (Fsp3) is 0.240. The van der Waals surface area contributed by atoms with Gasteiger partial charge in [0, 0.05) is 40.7 Å². The minimum Gasteiger partial charge on any atom is -0.390 e. The Kier molecular flexibility index (Phi) is 5.09. The molecule has 6 nitrogen and oxygen atoms in total. The summed E-state index contributed by atoms with van der Waals surface area (Å²) in [4.78, 5) is 9.56. The van der Waals surface area contributed by atoms with Gasteiger partial charge in [0.1, 0.15) is 5.65 Å². The molecular weight excluding hydrogens is 457 g/mol. The monoisotopic (exact) mass is 477 g/mol. The summed E-state index contributed by atoms with van der Waals surface area (Å²) >= 11 is 12.9. The number of halogens is 2. The van der Waals surface area contributed by atoms with E-state index < -0.39 is 0 Å². The van der Waals surface area contributed by atoms with Gasteiger partial charge in [-0.15, -0.1) is 0 Å². The van der Waals surface area contributed by atoms with E-state index in [1.54, 1.807) is 18.2 Å². The molecule has 6 rings (SSSR count). The van der Waals surface area contributed by atoms with Gasteiger partial charge in [-0.2, -0.15) is 5.10 Å². The predicted molar refractivity (Wildman–Crippen MR) is 131 cm³/mol. The van der Waals surface area contributed by atoms with Gasteiger partial charge in [-0.25, -0.2) is 4.98 Å². The number of hydrogen-bond donors (Lipinski definition) is 1. The number of imidazole rings is 1. The zero-order valence-electron chi connectivity index (χ0n) is 17.7. The first-order valence-corrected chi connectivity index (χ1v) is 11.8. The van der Waals surface area contributed by atoms with Crippen molar-refractivity contribution in [1.29, 1.82) is 0 Å². The summed E-state index contributed by atoms with van der Waals surface area (Å²) < 4.78 is 3.97. The molecule has 0 aliphatic heterocycles. The predicted octanol–water partition coefficient (Wildman–Crippen LogP) is 6.33. The second kappa shape index (κ2) is 8.13. The third kappa shape index (κ3) is 3.41. The molecule has 0 spiro atoms. The van der Waals surface area contributed by atoms with Gasteiger partial charge in [0.25, 0.3) is 0 Å². The lowest BCUT2D eigenvalue weighted by Crippen LogP contribution is -2.04. The van der Waals surface area contributed by atoms with Gasteiger partial charge in [-0.05, 0) is 37.1 Å². The highest BCUT2D eigenvalue weighted by Crippen LogP contribution is 2.38. The summed E-state index contributed by atoms with van der Waals surface area (Å²) in [5.74, 6) is 0. The summed E-state index contributed by atoms with van der Waals surface area (Å²) in [5, 5.41) is 16.7. The molecule has 1 aliphatic carbocycles. The SMILES string of the molecule is OCc1c(-c2c(Cl)cccc2Cl)nc2c3cc(-c4cnn(C5CCCC5)c4)cnc3ccn12. The Morgan fingerprint density at radius 2 is 1.82 bits per heavy atom. The molecule has 4 heterocycles. The zero-order chi connectivity index (χ0) is 22.5. The van der Waals surface area contributed by atoms with E-state index in [4.69, 9.17) is 28.2 Å². The van der Waals surface area contributed by atoms with Gasteiger partial charge in [0.2, 0.25) is 0 Å². The molecule has 1 aliphatic rings. The topological polar surface area (TPSA) is 68.2 Å². The van der Waals surface area contributed by atoms with Gasteiger partial charge in [0.05, 0.1) is 45.8 Å². The molecule has 8 heteroatoms. The largest absolute Gasteiger partial charge is 0.390 e. The van der Waals surface area contributed by atoms with E-state index in [9.17, 15) is 5.11 Å². The summed E-state index contributed by atoms with van der Waals surface area (Å²) in [6.45, 7) is -0.204. The van der Waals surface area contributed by atoms with E-state index in [-0.39, 0.29) is 6.61 Å². The van der Waals surface area contributed by atoms with Crippen molar-refractivity contribution in [3.63, 3.8) is 0 Å². The number of fused-ring (bicyclic) bond motifs is 3. The van der Waals surface area contributed by atoms with Gasteiger partial charge in [-0.3, -0.25) is 9.67 Å². The second-order valence-electron chi connectivity index (χ2n) is 8.48. The number of aromatic nitrogens is 5. The van der Waals surface area contributed by atoms with Crippen molar-refractivity contribution in [3.05, 3.63) is 70.9 Å². The number of nitrogens with zero attached hydrogens (tertiary/aromatic N) is 5. The fourth-order valence-corrected chi connectivity index (χ4v) is 5.41. The highest BCUT2D eigenvalue weighted by atomic mass is 35.5. The number of aliphatic hydroxyl groups is 1. The molecule has 0 amide bonds. The summed E-state index contributed by atoms with van der Waals surface area (Å²) in [6, 6.07) is 9.83. The molecule has 33 heavy (non-hydrogen) atoms. The molecule has 1 aromatic carbocycles. The molecule has 166 valence electrons. The first kappa shape index (κ1) is 20.7. The summed E-state index contributed by atoms with van der Waals surface area (Å²) in [6.07, 6.45) is 12.7. The van der Waals surface area contributed by atoms with Crippen LogP contribution in [0.3, 0.4) is 0 Å². The molecule has 4 aromatic heterocycles. The maximum Gasteiger partial charge on any atom is 0.147 e. The Hall–Kier alpha value is -2.93. The Balaban J connectivity index is 1.53. The third-order valence-corrected chi connectivity index (χ3v) is 7.16. The summed E-state index contributed by atoms with van der Waals surface area (Å²) in [7, 11) is 0. The number of pyridine rings is 2. The van der Waals surface area contributed by atoms with Crippen LogP contribution in [0.1, 0.15) is 37.4 Å². The first-order valence-electron chi connectivity index (χ1n) is 11.0. The van der Waals surface area contributed by atoms with Gasteiger partial charge in [0.15, 0.2) is 0 Å². The smallest absolute Gasteiger partial charge is 0.147 e. The van der Waals surface area contributed by atoms with E-state index in [2.05, 4.69) is 27.0 Å². The molecule has 0 radical (unpaired) electrons. The van der Waals surface area contributed by atoms with Crippen LogP contribution >= 0.6 is 23.2 Å². The molecular formula is C25H21Cl2N5O. The van der Waals surface area contributed by atoms with E-state index in [0.29, 0.717) is 38.7 Å². The van der Waals surface area contributed by atoms with Crippen molar-refractivity contribution in [2.24, 2.45) is 0 Å². The lowest BCUT2D eigenvalue weighted by Gasteiger charge is -2.08. The van der Waals surface area contributed by atoms with Crippen molar-refractivity contribution in [2.75, 3.05) is 0 Å². The van der Waals surface area contributed by atoms with E-state index in [1.165, 1.54) is 25.7 Å². The first-order chi connectivity index (χ1) is 16.1. The molecule has 0 saturated heterocycles. The Bertz CT molecular complexity index is 1480. The zero-order valence-corrected chi connectivity index (χ0v) is 19.3. The standard InChI is InChI=1S/C25H21Cl2N5O/c26-19-6-3-7-20(27)23(19)24-22(14-33)31-9-8-21-18(25(31)30-24)10-15(11-28-21)16-12-29-32(13-16)17-4-1-2-5-17/h3,6-13,17,33H,1-2,4-5,14H2. The maximum atomic E-state index is 10.2. The molecule has 0 atom stereocenters. The number of benzene rings is 1. The average molecular weight is 478 g/mol. The lowest BCUT2D eigenvalue weighted by molar-refractivity contribution is 0.276. The van der Waals surface area contributed by atoms with Crippen LogP contribution in [0.25, 0.3) is 38.9 Å². The van der Waals surface area contributed by atoms with Crippen LogP contribution in [-0.4, -0.2) is 29.3 Å². The minimum atomic E-state index is -0.204. The van der Waals surface area contributed by atoms with Crippen LogP contribution in [0.4, 0.5) is 0 Å². The minimum absolute atomic E-state index is 0.204. The van der Waals surface area contributed by atoms with Gasteiger partial charge in [-0.1, -0.05) is 42.1 Å². The molecule has 5 aromatic rings. The summed E-state index contributed by atoms with van der Waals surface area (Å²) in [5.41, 5.74) is 5.33. The number of hydrogen-bond acceptors (Lipinski definition) is 4. The van der Waals surface area contributed by atoms with E-state index >= 15 is 0 Å². The van der Waals surface area contributed by atoms with Crippen LogP contribution in [0.2, 0.25) is 10.0 Å². The van der Waals surface area contributed by atoms with Crippen molar-refractivity contribution in [1.82, 2.24) is 24.1 Å². The van der Waals surface area contributed by atoms with Crippen molar-refractivity contribution in [3.8, 4) is 22.4 Å². The maximum absolute atomic E-state index is 10.2. The number of aliphatic hydroxyl groups excluding tert-OH is 1. The Morgan fingerprint density at radius 1 is 1.03 bits per heavy atom. The fourth-order valence-electron chi connectivity index (χ4n) is 4.84. The van der Waals surface area contributed by atoms with Crippen molar-refractivity contribution >= 4 is 39.8 Å². The molecule has 0 unspecified atom stereocenters. The molecule has 1 N–H and O–H groups in total. The Morgan fingerprint density at radius 3 is 2.58 bits per heavy atom. The highest BCUT2D eigenvalue weighted by Gasteiger charge is 2.21. The van der Waals surface area contributed by atoms with Crippen LogP contribution in [0.5, 0.6) is 0 Å². The van der Waals surface area contributed by atoms with Gasteiger partial charge < -0.3 is 9.51 Å². The van der Waals surface area contributed by atoms with E-state index in [1.807, 2.05) is 29.1 Å². The van der Waals surface area contributed by atoms with Crippen molar-refractivity contribution < 1.29 is 5.11 Å². The van der Waals surface area contributed by atoms with Crippen LogP contribution in [0, 0.1) is 0 Å². The van der Waals surface area contributed by atoms with Gasteiger partial charge >= 0.3 is 0 Å². The van der Waals surface area contributed by atoms with Crippen LogP contribution in [-0.2, 0) is 6.61 Å².